The molecule has 94 valence electrons. The van der Waals surface area contributed by atoms with Crippen molar-refractivity contribution in [1.82, 2.24) is 10.6 Å². The van der Waals surface area contributed by atoms with E-state index in [1.54, 1.807) is 0 Å². The third kappa shape index (κ3) is 4.92. The van der Waals surface area contributed by atoms with Crippen molar-refractivity contribution in [3.05, 3.63) is 0 Å². The smallest absolute Gasteiger partial charge is 0.239 e. The van der Waals surface area contributed by atoms with Crippen LogP contribution in [0.1, 0.15) is 20.3 Å². The highest BCUT2D eigenvalue weighted by Gasteiger charge is 2.21. The molecule has 1 rings (SSSR count). The molecule has 0 aromatic carbocycles. The number of nitrogens with one attached hydrogen (secondary N) is 2. The van der Waals surface area contributed by atoms with E-state index in [4.69, 9.17) is 4.74 Å². The van der Waals surface area contributed by atoms with Gasteiger partial charge in [0.2, 0.25) is 5.91 Å². The number of aliphatic hydroxyl groups is 1. The minimum absolute atomic E-state index is 0.0949. The van der Waals surface area contributed by atoms with Crippen molar-refractivity contribution in [1.29, 1.82) is 0 Å². The quantitative estimate of drug-likeness (QED) is 0.595. The highest BCUT2D eigenvalue weighted by Crippen LogP contribution is 2.03. The Balaban J connectivity index is 2.18. The average molecular weight is 230 g/mol. The van der Waals surface area contributed by atoms with Gasteiger partial charge < -0.3 is 20.5 Å². The van der Waals surface area contributed by atoms with Gasteiger partial charge in [-0.1, -0.05) is 13.8 Å². The number of aliphatic hydroxyl groups excluding tert-OH is 1. The largest absolute Gasteiger partial charge is 0.391 e. The minimum atomic E-state index is -0.464. The van der Waals surface area contributed by atoms with Gasteiger partial charge in [-0.3, -0.25) is 4.79 Å². The summed E-state index contributed by atoms with van der Waals surface area (Å²) in [4.78, 5) is 11.6. The Morgan fingerprint density at radius 1 is 1.62 bits per heavy atom. The molecule has 1 aliphatic rings. The predicted octanol–water partition coefficient (Wildman–Crippen LogP) is -0.502. The van der Waals surface area contributed by atoms with Gasteiger partial charge in [-0.2, -0.15) is 0 Å². The van der Waals surface area contributed by atoms with Gasteiger partial charge in [0.25, 0.3) is 0 Å². The van der Waals surface area contributed by atoms with E-state index >= 15 is 0 Å². The van der Waals surface area contributed by atoms with Gasteiger partial charge in [-0.15, -0.1) is 0 Å². The van der Waals surface area contributed by atoms with E-state index in [0.717, 1.165) is 0 Å². The Morgan fingerprint density at radius 3 is 2.94 bits per heavy atom. The lowest BCUT2D eigenvalue weighted by atomic mass is 10.1. The maximum atomic E-state index is 11.6. The summed E-state index contributed by atoms with van der Waals surface area (Å²) >= 11 is 0. The molecule has 0 spiro atoms. The summed E-state index contributed by atoms with van der Waals surface area (Å²) in [6.07, 6.45) is 0.239. The monoisotopic (exact) mass is 230 g/mol. The number of hydrogen-bond donors (Lipinski definition) is 3. The fourth-order valence-corrected chi connectivity index (χ4v) is 1.70. The van der Waals surface area contributed by atoms with Gasteiger partial charge in [0, 0.05) is 13.1 Å². The van der Waals surface area contributed by atoms with Gasteiger partial charge >= 0.3 is 0 Å². The van der Waals surface area contributed by atoms with E-state index in [1.807, 2.05) is 13.8 Å². The first-order valence-corrected chi connectivity index (χ1v) is 5.86. The van der Waals surface area contributed by atoms with E-state index in [0.29, 0.717) is 38.6 Å². The zero-order valence-corrected chi connectivity index (χ0v) is 10.0. The normalized spacial score (nSPS) is 23.1. The van der Waals surface area contributed by atoms with E-state index in [2.05, 4.69) is 10.6 Å². The van der Waals surface area contributed by atoms with Crippen molar-refractivity contribution < 1.29 is 14.6 Å². The average Bonchev–Trinajstić information content (AvgIpc) is 2.26. The first kappa shape index (κ1) is 13.4. The standard InChI is InChI=1S/C11H22N2O3/c1-8(2)5-9(14)6-13-11(15)10-7-16-4-3-12-10/h8-10,12,14H,3-7H2,1-2H3,(H,13,15). The van der Waals surface area contributed by atoms with Crippen LogP contribution in [0.3, 0.4) is 0 Å². The van der Waals surface area contributed by atoms with Gasteiger partial charge in [-0.25, -0.2) is 0 Å². The summed E-state index contributed by atoms with van der Waals surface area (Å²) in [6, 6.07) is -0.278. The summed E-state index contributed by atoms with van der Waals surface area (Å²) in [5, 5.41) is 15.4. The molecule has 5 nitrogen and oxygen atoms in total. The van der Waals surface area contributed by atoms with Crippen molar-refractivity contribution in [2.45, 2.75) is 32.4 Å². The van der Waals surface area contributed by atoms with E-state index in [1.165, 1.54) is 0 Å². The molecule has 2 atom stereocenters. The molecule has 2 unspecified atom stereocenters. The molecule has 0 bridgehead atoms. The summed E-state index contributed by atoms with van der Waals surface area (Å²) in [5.74, 6) is 0.338. The molecule has 0 saturated carbocycles. The highest BCUT2D eigenvalue weighted by atomic mass is 16.5. The van der Waals surface area contributed by atoms with Crippen LogP contribution in [0.4, 0.5) is 0 Å². The molecule has 3 N–H and O–H groups in total. The molecule has 1 fully saturated rings. The van der Waals surface area contributed by atoms with Crippen molar-refractivity contribution in [2.75, 3.05) is 26.3 Å². The lowest BCUT2D eigenvalue weighted by Crippen LogP contribution is -2.52. The molecule has 1 aliphatic heterocycles. The molecule has 1 amide bonds. The molecule has 0 aliphatic carbocycles. The minimum Gasteiger partial charge on any atom is -0.391 e. The van der Waals surface area contributed by atoms with E-state index < -0.39 is 6.10 Å². The van der Waals surface area contributed by atoms with Crippen LogP contribution in [-0.4, -0.2) is 49.5 Å². The summed E-state index contributed by atoms with van der Waals surface area (Å²) in [7, 11) is 0. The van der Waals surface area contributed by atoms with Crippen molar-refractivity contribution in [3.63, 3.8) is 0 Å². The molecule has 1 saturated heterocycles. The van der Waals surface area contributed by atoms with Crippen LogP contribution in [0.15, 0.2) is 0 Å². The number of amides is 1. The van der Waals surface area contributed by atoms with Crippen LogP contribution in [-0.2, 0) is 9.53 Å². The number of rotatable bonds is 5. The second kappa shape index (κ2) is 6.83. The Labute approximate surface area is 96.6 Å². The second-order valence-corrected chi connectivity index (χ2v) is 4.61. The van der Waals surface area contributed by atoms with Crippen LogP contribution in [0.2, 0.25) is 0 Å². The molecular weight excluding hydrogens is 208 g/mol. The fourth-order valence-electron chi connectivity index (χ4n) is 1.70. The van der Waals surface area contributed by atoms with E-state index in [-0.39, 0.29) is 11.9 Å². The summed E-state index contributed by atoms with van der Waals surface area (Å²) < 4.78 is 5.19. The maximum Gasteiger partial charge on any atom is 0.239 e. The maximum absolute atomic E-state index is 11.6. The molecule has 5 heteroatoms. The lowest BCUT2D eigenvalue weighted by Gasteiger charge is -2.23. The SMILES string of the molecule is CC(C)CC(O)CNC(=O)C1COCCN1. The Bertz CT molecular complexity index is 215. The van der Waals surface area contributed by atoms with E-state index in [9.17, 15) is 9.90 Å². The second-order valence-electron chi connectivity index (χ2n) is 4.61. The predicted molar refractivity (Wildman–Crippen MR) is 61.1 cm³/mol. The topological polar surface area (TPSA) is 70.6 Å². The third-order valence-corrected chi connectivity index (χ3v) is 2.49. The fraction of sp³-hybridized carbons (Fsp3) is 0.909. The Morgan fingerprint density at radius 2 is 2.38 bits per heavy atom. The molecule has 0 radical (unpaired) electrons. The zero-order chi connectivity index (χ0) is 12.0. The molecule has 0 aromatic heterocycles. The highest BCUT2D eigenvalue weighted by molar-refractivity contribution is 5.81. The Hall–Kier alpha value is -0.650. The molecular formula is C11H22N2O3. The van der Waals surface area contributed by atoms with Crippen LogP contribution in [0.25, 0.3) is 0 Å². The molecule has 0 aromatic rings. The summed E-state index contributed by atoms with van der Waals surface area (Å²) in [5.41, 5.74) is 0. The van der Waals surface area contributed by atoms with Gasteiger partial charge in [0.15, 0.2) is 0 Å². The first-order valence-electron chi connectivity index (χ1n) is 5.86. The van der Waals surface area contributed by atoms with Crippen LogP contribution in [0.5, 0.6) is 0 Å². The zero-order valence-electron chi connectivity index (χ0n) is 10.0. The van der Waals surface area contributed by atoms with Gasteiger partial charge in [0.05, 0.1) is 19.3 Å². The molecule has 1 heterocycles. The number of hydrogen-bond acceptors (Lipinski definition) is 4. The summed E-state index contributed by atoms with van der Waals surface area (Å²) in [6.45, 7) is 6.16. The Kier molecular flexibility index (Phi) is 5.73. The lowest BCUT2D eigenvalue weighted by molar-refractivity contribution is -0.126. The van der Waals surface area contributed by atoms with Crippen LogP contribution < -0.4 is 10.6 Å². The number of carbonyl (C=O) groups excluding carboxylic acids is 1. The molecule has 16 heavy (non-hydrogen) atoms. The van der Waals surface area contributed by atoms with Crippen molar-refractivity contribution in [3.8, 4) is 0 Å². The number of carbonyl (C=O) groups is 1. The number of ether oxygens (including phenoxy) is 1. The number of morpholine rings is 1. The van der Waals surface area contributed by atoms with Gasteiger partial charge in [0.1, 0.15) is 6.04 Å². The van der Waals surface area contributed by atoms with Crippen molar-refractivity contribution in [2.24, 2.45) is 5.92 Å². The van der Waals surface area contributed by atoms with Crippen LogP contribution >= 0.6 is 0 Å². The van der Waals surface area contributed by atoms with Crippen molar-refractivity contribution >= 4 is 5.91 Å². The van der Waals surface area contributed by atoms with Crippen LogP contribution in [0, 0.1) is 5.92 Å². The first-order chi connectivity index (χ1) is 7.59. The van der Waals surface area contributed by atoms with Gasteiger partial charge in [-0.05, 0) is 12.3 Å². The third-order valence-electron chi connectivity index (χ3n) is 2.49.